The van der Waals surface area contributed by atoms with Gasteiger partial charge in [-0.2, -0.15) is 0 Å². The van der Waals surface area contributed by atoms with Gasteiger partial charge in [-0.25, -0.2) is 4.79 Å². The Kier molecular flexibility index (Phi) is 3.97. The highest BCUT2D eigenvalue weighted by atomic mass is 16.4. The summed E-state index contributed by atoms with van der Waals surface area (Å²) in [6.07, 6.45) is 1.86. The molecule has 0 aliphatic carbocycles. The Balaban J connectivity index is 1.85. The summed E-state index contributed by atoms with van der Waals surface area (Å²) in [5.41, 5.74) is 7.25. The van der Waals surface area contributed by atoms with E-state index in [9.17, 15) is 9.59 Å². The standard InChI is InChI=1S/C14H14N2O3/c15-12-4-1-10(2-5-12)7-8-16-14(18)11-3-6-13(17)19-9-11/h1-6,9H,7-8,15H2,(H,16,18). The van der Waals surface area contributed by atoms with Crippen molar-refractivity contribution >= 4 is 11.6 Å². The van der Waals surface area contributed by atoms with Gasteiger partial charge in [-0.15, -0.1) is 0 Å². The molecule has 0 unspecified atom stereocenters. The third-order valence-electron chi connectivity index (χ3n) is 2.64. The quantitative estimate of drug-likeness (QED) is 0.807. The molecule has 0 saturated carbocycles. The van der Waals surface area contributed by atoms with E-state index in [4.69, 9.17) is 5.73 Å². The molecule has 0 atom stereocenters. The zero-order valence-corrected chi connectivity index (χ0v) is 10.3. The van der Waals surface area contributed by atoms with Crippen LogP contribution in [0.3, 0.4) is 0 Å². The molecule has 0 radical (unpaired) electrons. The zero-order valence-electron chi connectivity index (χ0n) is 10.3. The Hall–Kier alpha value is -2.56. The smallest absolute Gasteiger partial charge is 0.335 e. The minimum atomic E-state index is -0.474. The zero-order chi connectivity index (χ0) is 13.7. The summed E-state index contributed by atoms with van der Waals surface area (Å²) in [6, 6.07) is 10.1. The predicted molar refractivity (Wildman–Crippen MR) is 71.9 cm³/mol. The van der Waals surface area contributed by atoms with Crippen molar-refractivity contribution in [3.8, 4) is 0 Å². The maximum atomic E-state index is 11.7. The van der Waals surface area contributed by atoms with Crippen LogP contribution in [0.4, 0.5) is 5.69 Å². The van der Waals surface area contributed by atoms with E-state index in [1.54, 1.807) is 0 Å². The summed E-state index contributed by atoms with van der Waals surface area (Å²) in [5.74, 6) is -0.265. The SMILES string of the molecule is Nc1ccc(CCNC(=O)c2ccc(=O)oc2)cc1. The Morgan fingerprint density at radius 2 is 1.89 bits per heavy atom. The highest BCUT2D eigenvalue weighted by molar-refractivity contribution is 5.93. The van der Waals surface area contributed by atoms with Gasteiger partial charge < -0.3 is 15.5 Å². The topological polar surface area (TPSA) is 85.3 Å². The van der Waals surface area contributed by atoms with Crippen molar-refractivity contribution in [2.45, 2.75) is 6.42 Å². The first-order chi connectivity index (χ1) is 9.15. The molecule has 0 fully saturated rings. The number of benzene rings is 1. The van der Waals surface area contributed by atoms with Crippen LogP contribution in [0.5, 0.6) is 0 Å². The fourth-order valence-electron chi connectivity index (χ4n) is 1.59. The minimum absolute atomic E-state index is 0.265. The molecule has 0 aliphatic heterocycles. The maximum absolute atomic E-state index is 11.7. The monoisotopic (exact) mass is 258 g/mol. The average molecular weight is 258 g/mol. The maximum Gasteiger partial charge on any atom is 0.335 e. The second-order valence-electron chi connectivity index (χ2n) is 4.09. The molecule has 1 aromatic carbocycles. The predicted octanol–water partition coefficient (Wildman–Crippen LogP) is 1.19. The van der Waals surface area contributed by atoms with Crippen molar-refractivity contribution in [2.75, 3.05) is 12.3 Å². The molecule has 5 nitrogen and oxygen atoms in total. The van der Waals surface area contributed by atoms with E-state index in [1.807, 2.05) is 24.3 Å². The third kappa shape index (κ3) is 3.70. The molecular formula is C14H14N2O3. The third-order valence-corrected chi connectivity index (χ3v) is 2.64. The number of amides is 1. The van der Waals surface area contributed by atoms with Gasteiger partial charge in [0.1, 0.15) is 6.26 Å². The fourth-order valence-corrected chi connectivity index (χ4v) is 1.59. The molecule has 98 valence electrons. The van der Waals surface area contributed by atoms with Crippen LogP contribution in [0.25, 0.3) is 0 Å². The Labute approximate surface area is 110 Å². The number of nitrogens with two attached hydrogens (primary N) is 1. The number of carbonyl (C=O) groups is 1. The second kappa shape index (κ2) is 5.86. The van der Waals surface area contributed by atoms with Crippen molar-refractivity contribution in [1.29, 1.82) is 0 Å². The first-order valence-corrected chi connectivity index (χ1v) is 5.86. The van der Waals surface area contributed by atoms with Crippen molar-refractivity contribution in [1.82, 2.24) is 5.32 Å². The largest absolute Gasteiger partial charge is 0.430 e. The van der Waals surface area contributed by atoms with Crippen LogP contribution in [-0.4, -0.2) is 12.5 Å². The number of nitrogen functional groups attached to an aromatic ring is 1. The summed E-state index contributed by atoms with van der Waals surface area (Å²) in [7, 11) is 0. The Morgan fingerprint density at radius 3 is 2.53 bits per heavy atom. The number of anilines is 1. The molecule has 2 aromatic rings. The lowest BCUT2D eigenvalue weighted by Crippen LogP contribution is -2.25. The van der Waals surface area contributed by atoms with Crippen LogP contribution in [0.1, 0.15) is 15.9 Å². The molecule has 1 amide bonds. The van der Waals surface area contributed by atoms with E-state index >= 15 is 0 Å². The van der Waals surface area contributed by atoms with E-state index in [0.29, 0.717) is 24.2 Å². The summed E-state index contributed by atoms with van der Waals surface area (Å²) < 4.78 is 4.63. The van der Waals surface area contributed by atoms with Crippen LogP contribution in [0.15, 0.2) is 51.9 Å². The molecule has 0 aliphatic rings. The van der Waals surface area contributed by atoms with E-state index in [2.05, 4.69) is 9.73 Å². The van der Waals surface area contributed by atoms with Crippen LogP contribution in [0.2, 0.25) is 0 Å². The highest BCUT2D eigenvalue weighted by Crippen LogP contribution is 2.05. The number of hydrogen-bond acceptors (Lipinski definition) is 4. The van der Waals surface area contributed by atoms with E-state index in [1.165, 1.54) is 12.1 Å². The van der Waals surface area contributed by atoms with Crippen LogP contribution < -0.4 is 16.7 Å². The van der Waals surface area contributed by atoms with E-state index < -0.39 is 5.63 Å². The number of rotatable bonds is 4. The van der Waals surface area contributed by atoms with Gasteiger partial charge in [0.25, 0.3) is 5.91 Å². The van der Waals surface area contributed by atoms with Gasteiger partial charge in [-0.05, 0) is 30.2 Å². The lowest BCUT2D eigenvalue weighted by Gasteiger charge is -2.05. The van der Waals surface area contributed by atoms with Gasteiger partial charge in [-0.3, -0.25) is 4.79 Å². The van der Waals surface area contributed by atoms with Crippen molar-refractivity contribution < 1.29 is 9.21 Å². The van der Waals surface area contributed by atoms with Gasteiger partial charge in [0.2, 0.25) is 0 Å². The Morgan fingerprint density at radius 1 is 1.16 bits per heavy atom. The van der Waals surface area contributed by atoms with E-state index in [0.717, 1.165) is 11.8 Å². The lowest BCUT2D eigenvalue weighted by atomic mass is 10.1. The van der Waals surface area contributed by atoms with Gasteiger partial charge in [-0.1, -0.05) is 12.1 Å². The number of hydrogen-bond donors (Lipinski definition) is 2. The first-order valence-electron chi connectivity index (χ1n) is 5.86. The van der Waals surface area contributed by atoms with Gasteiger partial charge in [0.15, 0.2) is 0 Å². The molecule has 19 heavy (non-hydrogen) atoms. The van der Waals surface area contributed by atoms with Crippen LogP contribution >= 0.6 is 0 Å². The van der Waals surface area contributed by atoms with Gasteiger partial charge in [0, 0.05) is 18.3 Å². The van der Waals surface area contributed by atoms with Crippen molar-refractivity contribution in [2.24, 2.45) is 0 Å². The minimum Gasteiger partial charge on any atom is -0.430 e. The molecule has 0 bridgehead atoms. The molecule has 1 aromatic heterocycles. The molecule has 3 N–H and O–H groups in total. The first kappa shape index (κ1) is 12.9. The normalized spacial score (nSPS) is 10.1. The molecule has 1 heterocycles. The second-order valence-corrected chi connectivity index (χ2v) is 4.09. The highest BCUT2D eigenvalue weighted by Gasteiger charge is 2.05. The summed E-state index contributed by atoms with van der Waals surface area (Å²) in [6.45, 7) is 0.502. The van der Waals surface area contributed by atoms with Gasteiger partial charge in [0.05, 0.1) is 5.56 Å². The van der Waals surface area contributed by atoms with Crippen molar-refractivity contribution in [3.63, 3.8) is 0 Å². The fraction of sp³-hybridized carbons (Fsp3) is 0.143. The number of carbonyl (C=O) groups excluding carboxylic acids is 1. The summed E-state index contributed by atoms with van der Waals surface area (Å²) in [5, 5.41) is 2.75. The Bertz CT molecular complexity index is 597. The summed E-state index contributed by atoms with van der Waals surface area (Å²) in [4.78, 5) is 22.5. The van der Waals surface area contributed by atoms with Crippen LogP contribution in [0, 0.1) is 0 Å². The average Bonchev–Trinajstić information content (AvgIpc) is 2.41. The van der Waals surface area contributed by atoms with E-state index in [-0.39, 0.29) is 5.91 Å². The number of nitrogens with one attached hydrogen (secondary N) is 1. The molecule has 2 rings (SSSR count). The molecular weight excluding hydrogens is 244 g/mol. The molecule has 5 heteroatoms. The van der Waals surface area contributed by atoms with Crippen molar-refractivity contribution in [3.05, 3.63) is 64.2 Å². The van der Waals surface area contributed by atoms with Gasteiger partial charge >= 0.3 is 5.63 Å². The van der Waals surface area contributed by atoms with Crippen LogP contribution in [-0.2, 0) is 6.42 Å². The summed E-state index contributed by atoms with van der Waals surface area (Å²) >= 11 is 0. The molecule has 0 spiro atoms. The lowest BCUT2D eigenvalue weighted by molar-refractivity contribution is 0.0951. The molecule has 0 saturated heterocycles.